The molecule has 0 aliphatic carbocycles. The van der Waals surface area contributed by atoms with Crippen LogP contribution in [0.3, 0.4) is 0 Å². The molecule has 0 spiro atoms. The van der Waals surface area contributed by atoms with Gasteiger partial charge in [0.1, 0.15) is 5.82 Å². The van der Waals surface area contributed by atoms with Crippen LogP contribution in [0.25, 0.3) is 22.8 Å². The second kappa shape index (κ2) is 10.3. The van der Waals surface area contributed by atoms with Crippen molar-refractivity contribution in [3.05, 3.63) is 83.9 Å². The van der Waals surface area contributed by atoms with Crippen LogP contribution in [-0.2, 0) is 26.3 Å². The third kappa shape index (κ3) is 6.47. The van der Waals surface area contributed by atoms with Crippen molar-refractivity contribution in [1.29, 1.82) is 0 Å². The van der Waals surface area contributed by atoms with Crippen LogP contribution in [0.2, 0.25) is 0 Å². The summed E-state index contributed by atoms with van der Waals surface area (Å²) in [4.78, 5) is 11.1. The quantitative estimate of drug-likeness (QED) is 0.245. The molecule has 163 valence electrons. The van der Waals surface area contributed by atoms with Crippen molar-refractivity contribution in [2.75, 3.05) is 0 Å². The van der Waals surface area contributed by atoms with Crippen LogP contribution in [0.15, 0.2) is 54.9 Å². The predicted octanol–water partition coefficient (Wildman–Crippen LogP) is 4.65. The Morgan fingerprint density at radius 3 is 2.29 bits per heavy atom. The number of benzene rings is 1. The summed E-state index contributed by atoms with van der Waals surface area (Å²) in [5, 5.41) is 6.32. The molecule has 11 heteroatoms. The summed E-state index contributed by atoms with van der Waals surface area (Å²) in [6.45, 7) is 1.80. The van der Waals surface area contributed by atoms with Gasteiger partial charge in [0.15, 0.2) is 0 Å². The molecule has 4 aromatic rings. The van der Waals surface area contributed by atoms with Crippen LogP contribution >= 0.6 is 0 Å². The minimum Gasteiger partial charge on any atom is -0.413 e. The number of hydrogen-bond acceptors (Lipinski definition) is 4. The first kappa shape index (κ1) is 24.2. The Hall–Kier alpha value is -3.04. The van der Waals surface area contributed by atoms with Crippen LogP contribution in [0.4, 0.5) is 22.0 Å². The van der Waals surface area contributed by atoms with E-state index in [2.05, 4.69) is 31.2 Å². The van der Waals surface area contributed by atoms with Crippen LogP contribution in [-0.4, -0.2) is 20.1 Å². The monoisotopic (exact) mass is 610 g/mol. The Labute approximate surface area is 187 Å². The Kier molecular flexibility index (Phi) is 8.07. The minimum absolute atomic E-state index is 0. The van der Waals surface area contributed by atoms with E-state index in [0.29, 0.717) is 5.69 Å². The molecule has 0 saturated heterocycles. The molecule has 3 heterocycles. The average molecular weight is 610 g/mol. The van der Waals surface area contributed by atoms with Crippen LogP contribution in [0, 0.1) is 24.6 Å². The zero-order valence-corrected chi connectivity index (χ0v) is 18.1. The van der Waals surface area contributed by atoms with E-state index in [0.717, 1.165) is 17.7 Å². The molecule has 3 aromatic heterocycles. The Balaban J connectivity index is 0.000000215. The van der Waals surface area contributed by atoms with Gasteiger partial charge in [-0.05, 0) is 42.2 Å². The fourth-order valence-corrected chi connectivity index (χ4v) is 2.28. The Morgan fingerprint density at radius 1 is 0.968 bits per heavy atom. The summed E-state index contributed by atoms with van der Waals surface area (Å²) >= 11 is 0. The zero-order valence-electron chi connectivity index (χ0n) is 15.7. The number of pyridine rings is 2. The van der Waals surface area contributed by atoms with E-state index in [-0.39, 0.29) is 37.2 Å². The second-order valence-electron chi connectivity index (χ2n) is 5.93. The van der Waals surface area contributed by atoms with Crippen molar-refractivity contribution in [1.82, 2.24) is 25.1 Å². The minimum atomic E-state index is -4.57. The smallest absolute Gasteiger partial charge is 0.413 e. The van der Waals surface area contributed by atoms with Crippen molar-refractivity contribution < 1.29 is 42.1 Å². The summed E-state index contributed by atoms with van der Waals surface area (Å²) in [5.41, 5.74) is 1.78. The van der Waals surface area contributed by atoms with E-state index in [1.807, 2.05) is 0 Å². The number of halogens is 5. The van der Waals surface area contributed by atoms with Crippen molar-refractivity contribution in [2.45, 2.75) is 13.1 Å². The summed E-state index contributed by atoms with van der Waals surface area (Å²) in [7, 11) is 0. The van der Waals surface area contributed by atoms with Gasteiger partial charge >= 0.3 is 6.18 Å². The van der Waals surface area contributed by atoms with Gasteiger partial charge in [-0.15, -0.1) is 12.1 Å². The van der Waals surface area contributed by atoms with Gasteiger partial charge < -0.3 is 15.1 Å². The Bertz CT molecular complexity index is 1130. The molecule has 0 bridgehead atoms. The Morgan fingerprint density at radius 2 is 1.71 bits per heavy atom. The molecule has 1 radical (unpaired) electrons. The molecule has 0 aliphatic heterocycles. The van der Waals surface area contributed by atoms with E-state index in [1.165, 1.54) is 6.20 Å². The first-order valence-electron chi connectivity index (χ1n) is 8.40. The maximum atomic E-state index is 13.2. The van der Waals surface area contributed by atoms with Crippen molar-refractivity contribution in [2.24, 2.45) is 0 Å². The molecule has 0 saturated carbocycles. The number of rotatable bonds is 2. The van der Waals surface area contributed by atoms with Gasteiger partial charge in [0.2, 0.25) is 0 Å². The van der Waals surface area contributed by atoms with E-state index in [9.17, 15) is 22.0 Å². The topological polar surface area (TPSA) is 65.7 Å². The number of aromatic nitrogens is 5. The summed E-state index contributed by atoms with van der Waals surface area (Å²) in [5.74, 6) is -2.65. The third-order valence-corrected chi connectivity index (χ3v) is 3.63. The van der Waals surface area contributed by atoms with Crippen LogP contribution < -0.4 is 5.10 Å². The van der Waals surface area contributed by atoms with E-state index < -0.39 is 23.6 Å². The van der Waals surface area contributed by atoms with E-state index in [4.69, 9.17) is 0 Å². The maximum absolute atomic E-state index is 13.2. The van der Waals surface area contributed by atoms with Gasteiger partial charge in [-0.3, -0.25) is 18.9 Å². The number of alkyl halides is 3. The molecular weight excluding hydrogens is 597 g/mol. The SMILES string of the molecule is Cc1ccnc(-c2nc(C(F)(F)F)n[n-]2)c1.Fc1c[c-]c(-c2ccccn2)c(F)c1.[Ir]. The first-order chi connectivity index (χ1) is 14.2. The fourth-order valence-electron chi connectivity index (χ4n) is 2.28. The van der Waals surface area contributed by atoms with Gasteiger partial charge in [-0.2, -0.15) is 13.2 Å². The van der Waals surface area contributed by atoms with Crippen LogP contribution in [0.1, 0.15) is 11.4 Å². The molecule has 0 N–H and O–H groups in total. The normalized spacial score (nSPS) is 10.6. The summed E-state index contributed by atoms with van der Waals surface area (Å²) in [6.07, 6.45) is -1.55. The summed E-state index contributed by atoms with van der Waals surface area (Å²) < 4.78 is 62.4. The molecular formula is C20H12F5IrN5-2. The average Bonchev–Trinajstić information content (AvgIpc) is 3.20. The second-order valence-corrected chi connectivity index (χ2v) is 5.93. The molecule has 0 aliphatic rings. The fraction of sp³-hybridized carbons (Fsp3) is 0.100. The van der Waals surface area contributed by atoms with Gasteiger partial charge in [-0.1, -0.05) is 23.8 Å². The third-order valence-electron chi connectivity index (χ3n) is 3.63. The van der Waals surface area contributed by atoms with E-state index >= 15 is 0 Å². The largest absolute Gasteiger partial charge is 0.429 e. The van der Waals surface area contributed by atoms with Gasteiger partial charge in [0.25, 0.3) is 0 Å². The maximum Gasteiger partial charge on any atom is 0.429 e. The summed E-state index contributed by atoms with van der Waals surface area (Å²) in [6, 6.07) is 12.8. The molecule has 0 unspecified atom stereocenters. The zero-order chi connectivity index (χ0) is 21.7. The molecule has 31 heavy (non-hydrogen) atoms. The molecule has 1 aromatic carbocycles. The number of hydrogen-bond donors (Lipinski definition) is 0. The molecule has 0 atom stereocenters. The van der Waals surface area contributed by atoms with E-state index in [1.54, 1.807) is 43.5 Å². The molecule has 4 rings (SSSR count). The number of nitrogens with zero attached hydrogens (tertiary/aromatic N) is 5. The van der Waals surface area contributed by atoms with Crippen molar-refractivity contribution >= 4 is 0 Å². The molecule has 0 fully saturated rings. The van der Waals surface area contributed by atoms with Crippen molar-refractivity contribution in [3.63, 3.8) is 0 Å². The van der Waals surface area contributed by atoms with Crippen molar-refractivity contribution in [3.8, 4) is 22.8 Å². The molecule has 0 amide bonds. The molecule has 5 nitrogen and oxygen atoms in total. The van der Waals surface area contributed by atoms with Crippen LogP contribution in [0.5, 0.6) is 0 Å². The van der Waals surface area contributed by atoms with Gasteiger partial charge in [0, 0.05) is 44.1 Å². The predicted molar refractivity (Wildman–Crippen MR) is 96.7 cm³/mol. The van der Waals surface area contributed by atoms with Gasteiger partial charge in [-0.25, -0.2) is 0 Å². The van der Waals surface area contributed by atoms with Gasteiger partial charge in [0.05, 0.1) is 5.69 Å². The first-order valence-corrected chi connectivity index (χ1v) is 8.40. The standard InChI is InChI=1S/C11H6F2N.C9H6F3N4.Ir/c12-8-4-5-9(10(13)7-8)11-3-1-2-6-14-11;1-5-2-3-13-6(4-5)7-14-8(16-15-7)9(10,11)12;/h1-4,6-7H;2-4H,1H3;/q2*-1;. The number of aryl methyl sites for hydroxylation is 1.